The van der Waals surface area contributed by atoms with Crippen molar-refractivity contribution >= 4 is 17.2 Å². The lowest BCUT2D eigenvalue weighted by Crippen LogP contribution is -2.23. The van der Waals surface area contributed by atoms with Gasteiger partial charge in [-0.2, -0.15) is 9.37 Å². The van der Waals surface area contributed by atoms with E-state index >= 15 is 0 Å². The highest BCUT2D eigenvalue weighted by atomic mass is 32.1. The van der Waals surface area contributed by atoms with E-state index in [1.54, 1.807) is 18.4 Å². The molecule has 0 fully saturated rings. The van der Waals surface area contributed by atoms with Gasteiger partial charge in [0.2, 0.25) is 0 Å². The summed E-state index contributed by atoms with van der Waals surface area (Å²) in [6.45, 7) is 0.482. The number of anilines is 1. The first-order valence-electron chi connectivity index (χ1n) is 5.33. The standard InChI is InChI=1S/C12H11F3N2S/c1-17(5-4-8-3-2-6-18-8)12-10(14)7-9(13)11(15)16-12/h2-3,6-7H,4-5H2,1H3. The Hall–Kier alpha value is -1.56. The molecule has 0 aliphatic rings. The first-order chi connectivity index (χ1) is 8.58. The van der Waals surface area contributed by atoms with Gasteiger partial charge in [0.1, 0.15) is 0 Å². The van der Waals surface area contributed by atoms with Gasteiger partial charge in [-0.3, -0.25) is 0 Å². The Morgan fingerprint density at radius 3 is 2.72 bits per heavy atom. The highest BCUT2D eigenvalue weighted by molar-refractivity contribution is 7.09. The van der Waals surface area contributed by atoms with Crippen LogP contribution in [0.3, 0.4) is 0 Å². The first kappa shape index (κ1) is 12.9. The second kappa shape index (κ2) is 5.39. The molecule has 2 rings (SSSR count). The molecule has 0 saturated carbocycles. The van der Waals surface area contributed by atoms with Gasteiger partial charge in [0.25, 0.3) is 5.95 Å². The quantitative estimate of drug-likeness (QED) is 0.794. The molecule has 0 saturated heterocycles. The van der Waals surface area contributed by atoms with Gasteiger partial charge in [0.15, 0.2) is 17.5 Å². The number of likely N-dealkylation sites (N-methyl/N-ethyl adjacent to an activating group) is 1. The second-order valence-corrected chi connectivity index (χ2v) is 4.85. The fourth-order valence-corrected chi connectivity index (χ4v) is 2.24. The lowest BCUT2D eigenvalue weighted by atomic mass is 10.3. The van der Waals surface area contributed by atoms with Gasteiger partial charge in [0.05, 0.1) is 0 Å². The summed E-state index contributed by atoms with van der Waals surface area (Å²) in [7, 11) is 1.59. The van der Waals surface area contributed by atoms with Gasteiger partial charge in [-0.05, 0) is 17.9 Å². The average Bonchev–Trinajstić information content (AvgIpc) is 2.84. The monoisotopic (exact) mass is 272 g/mol. The summed E-state index contributed by atoms with van der Waals surface area (Å²) in [6.07, 6.45) is 0.703. The Kier molecular flexibility index (Phi) is 3.86. The molecule has 2 aromatic rings. The van der Waals surface area contributed by atoms with Crippen molar-refractivity contribution in [1.82, 2.24) is 4.98 Å². The minimum absolute atomic E-state index is 0.176. The van der Waals surface area contributed by atoms with Gasteiger partial charge >= 0.3 is 0 Å². The van der Waals surface area contributed by atoms with Crippen LogP contribution in [0.4, 0.5) is 19.0 Å². The smallest absolute Gasteiger partial charge is 0.251 e. The maximum atomic E-state index is 13.4. The molecule has 96 valence electrons. The molecular formula is C12H11F3N2S. The zero-order chi connectivity index (χ0) is 13.1. The predicted octanol–water partition coefficient (Wildman–Crippen LogP) is 3.24. The molecule has 18 heavy (non-hydrogen) atoms. The van der Waals surface area contributed by atoms with E-state index in [-0.39, 0.29) is 5.82 Å². The van der Waals surface area contributed by atoms with Gasteiger partial charge < -0.3 is 4.90 Å². The number of pyridine rings is 1. The predicted molar refractivity (Wildman–Crippen MR) is 65.4 cm³/mol. The summed E-state index contributed by atoms with van der Waals surface area (Å²) in [4.78, 5) is 5.90. The molecule has 2 aromatic heterocycles. The van der Waals surface area contributed by atoms with E-state index in [9.17, 15) is 13.2 Å². The number of aromatic nitrogens is 1. The van der Waals surface area contributed by atoms with Crippen molar-refractivity contribution in [2.24, 2.45) is 0 Å². The second-order valence-electron chi connectivity index (χ2n) is 3.82. The molecule has 0 atom stereocenters. The lowest BCUT2D eigenvalue weighted by Gasteiger charge is -2.18. The van der Waals surface area contributed by atoms with E-state index in [0.717, 1.165) is 4.88 Å². The van der Waals surface area contributed by atoms with Crippen molar-refractivity contribution in [1.29, 1.82) is 0 Å². The van der Waals surface area contributed by atoms with Crippen LogP contribution in [0.2, 0.25) is 0 Å². The third kappa shape index (κ3) is 2.81. The molecule has 0 bridgehead atoms. The van der Waals surface area contributed by atoms with Crippen LogP contribution in [0.5, 0.6) is 0 Å². The van der Waals surface area contributed by atoms with Crippen LogP contribution < -0.4 is 4.90 Å². The maximum Gasteiger partial charge on any atom is 0.251 e. The van der Waals surface area contributed by atoms with Crippen LogP contribution in [0.1, 0.15) is 4.88 Å². The molecule has 0 radical (unpaired) electrons. The number of hydrogen-bond donors (Lipinski definition) is 0. The van der Waals surface area contributed by atoms with Crippen LogP contribution in [0.15, 0.2) is 23.6 Å². The lowest BCUT2D eigenvalue weighted by molar-refractivity contribution is 0.464. The summed E-state index contributed by atoms with van der Waals surface area (Å²) < 4.78 is 39.1. The normalized spacial score (nSPS) is 10.7. The summed E-state index contributed by atoms with van der Waals surface area (Å²) in [5.74, 6) is -3.59. The highest BCUT2D eigenvalue weighted by Crippen LogP contribution is 2.18. The molecule has 2 heterocycles. The Morgan fingerprint density at radius 2 is 2.06 bits per heavy atom. The fourth-order valence-electron chi connectivity index (χ4n) is 1.54. The van der Waals surface area contributed by atoms with Crippen LogP contribution in [0.25, 0.3) is 0 Å². The topological polar surface area (TPSA) is 16.1 Å². The Bertz CT molecular complexity index is 528. The van der Waals surface area contributed by atoms with Crippen molar-refractivity contribution in [2.75, 3.05) is 18.5 Å². The molecule has 0 aliphatic carbocycles. The van der Waals surface area contributed by atoms with Crippen LogP contribution in [-0.2, 0) is 6.42 Å². The summed E-state index contributed by atoms with van der Waals surface area (Å²) in [6, 6.07) is 4.41. The number of halogens is 3. The molecule has 0 spiro atoms. The largest absolute Gasteiger partial charge is 0.357 e. The minimum Gasteiger partial charge on any atom is -0.357 e. The van der Waals surface area contributed by atoms with Crippen molar-refractivity contribution in [2.45, 2.75) is 6.42 Å². The molecule has 0 amide bonds. The van der Waals surface area contributed by atoms with Crippen LogP contribution in [-0.4, -0.2) is 18.6 Å². The van der Waals surface area contributed by atoms with Gasteiger partial charge in [0, 0.05) is 24.5 Å². The third-order valence-corrected chi connectivity index (χ3v) is 3.44. The Labute approximate surface area is 107 Å². The summed E-state index contributed by atoms with van der Waals surface area (Å²) >= 11 is 1.59. The van der Waals surface area contributed by atoms with E-state index < -0.39 is 17.6 Å². The first-order valence-corrected chi connectivity index (χ1v) is 6.21. The molecule has 0 aliphatic heterocycles. The molecular weight excluding hydrogens is 261 g/mol. The summed E-state index contributed by atoms with van der Waals surface area (Å²) in [5.41, 5.74) is 0. The number of hydrogen-bond acceptors (Lipinski definition) is 3. The van der Waals surface area contributed by atoms with Crippen molar-refractivity contribution in [3.05, 3.63) is 46.0 Å². The fraction of sp³-hybridized carbons (Fsp3) is 0.250. The Morgan fingerprint density at radius 1 is 1.28 bits per heavy atom. The molecule has 0 unspecified atom stereocenters. The molecule has 0 N–H and O–H groups in total. The highest BCUT2D eigenvalue weighted by Gasteiger charge is 2.15. The SMILES string of the molecule is CN(CCc1cccs1)c1nc(F)c(F)cc1F. The number of thiophene rings is 1. The van der Waals surface area contributed by atoms with E-state index in [1.807, 2.05) is 17.5 Å². The van der Waals surface area contributed by atoms with E-state index in [0.29, 0.717) is 19.0 Å². The summed E-state index contributed by atoms with van der Waals surface area (Å²) in [5, 5.41) is 1.95. The van der Waals surface area contributed by atoms with Gasteiger partial charge in [-0.25, -0.2) is 8.78 Å². The Balaban J connectivity index is 2.09. The zero-order valence-corrected chi connectivity index (χ0v) is 10.5. The van der Waals surface area contributed by atoms with E-state index in [4.69, 9.17) is 0 Å². The third-order valence-electron chi connectivity index (χ3n) is 2.50. The number of nitrogens with zero attached hydrogens (tertiary/aromatic N) is 2. The maximum absolute atomic E-state index is 13.4. The number of rotatable bonds is 4. The van der Waals surface area contributed by atoms with Gasteiger partial charge in [-0.15, -0.1) is 11.3 Å². The van der Waals surface area contributed by atoms with Crippen molar-refractivity contribution in [3.8, 4) is 0 Å². The minimum atomic E-state index is -1.28. The van der Waals surface area contributed by atoms with Crippen molar-refractivity contribution < 1.29 is 13.2 Å². The van der Waals surface area contributed by atoms with Crippen LogP contribution >= 0.6 is 11.3 Å². The van der Waals surface area contributed by atoms with Gasteiger partial charge in [-0.1, -0.05) is 6.07 Å². The van der Waals surface area contributed by atoms with E-state index in [1.165, 1.54) is 4.90 Å². The molecule has 6 heteroatoms. The zero-order valence-electron chi connectivity index (χ0n) is 9.66. The van der Waals surface area contributed by atoms with E-state index in [2.05, 4.69) is 4.98 Å². The van der Waals surface area contributed by atoms with Crippen LogP contribution in [0, 0.1) is 17.6 Å². The average molecular weight is 272 g/mol. The van der Waals surface area contributed by atoms with Crippen molar-refractivity contribution in [3.63, 3.8) is 0 Å². The molecule has 0 aromatic carbocycles. The molecule has 2 nitrogen and oxygen atoms in total.